The molecule has 0 spiro atoms. The molecule has 0 fully saturated rings. The van der Waals surface area contributed by atoms with Crippen molar-refractivity contribution < 1.29 is 0 Å². The molecule has 0 bridgehead atoms. The van der Waals surface area contributed by atoms with Gasteiger partial charge in [-0.2, -0.15) is 0 Å². The van der Waals surface area contributed by atoms with Crippen molar-refractivity contribution in [3.8, 4) is 21.7 Å². The molecule has 0 radical (unpaired) electrons. The van der Waals surface area contributed by atoms with Gasteiger partial charge in [0.25, 0.3) is 0 Å². The molecule has 0 aliphatic carbocycles. The highest BCUT2D eigenvalue weighted by molar-refractivity contribution is 7.18. The fourth-order valence-corrected chi connectivity index (χ4v) is 3.58. The third kappa shape index (κ3) is 2.33. The zero-order valence-corrected chi connectivity index (χ0v) is 13.8. The van der Waals surface area contributed by atoms with E-state index in [0.29, 0.717) is 5.13 Å². The molecule has 0 amide bonds. The van der Waals surface area contributed by atoms with Crippen molar-refractivity contribution in [1.29, 1.82) is 0 Å². The van der Waals surface area contributed by atoms with Gasteiger partial charge < -0.3 is 10.7 Å². The number of fused-ring (bicyclic) bond motifs is 2. The number of benzene rings is 2. The Bertz CT molecular complexity index is 1220. The Morgan fingerprint density at radius 2 is 1.72 bits per heavy atom. The Morgan fingerprint density at radius 3 is 2.56 bits per heavy atom. The van der Waals surface area contributed by atoms with E-state index in [4.69, 9.17) is 5.73 Å². The van der Waals surface area contributed by atoms with Crippen LogP contribution in [0.5, 0.6) is 0 Å². The molecule has 6 nitrogen and oxygen atoms in total. The first-order chi connectivity index (χ1) is 12.3. The lowest BCUT2D eigenvalue weighted by Gasteiger charge is -2.03. The molecule has 0 aliphatic rings. The molecule has 3 aromatic heterocycles. The summed E-state index contributed by atoms with van der Waals surface area (Å²) in [5.74, 6) is 0. The Balaban J connectivity index is 1.69. The molecule has 25 heavy (non-hydrogen) atoms. The van der Waals surface area contributed by atoms with Gasteiger partial charge in [0.2, 0.25) is 5.13 Å². The zero-order valence-electron chi connectivity index (χ0n) is 13.0. The van der Waals surface area contributed by atoms with Crippen LogP contribution in [0.1, 0.15) is 0 Å². The minimum Gasteiger partial charge on any atom is -0.374 e. The summed E-state index contributed by atoms with van der Waals surface area (Å²) >= 11 is 1.38. The highest BCUT2D eigenvalue weighted by Crippen LogP contribution is 2.34. The molecule has 0 aliphatic heterocycles. The number of anilines is 1. The van der Waals surface area contributed by atoms with E-state index in [1.54, 1.807) is 12.4 Å². The number of aromatic amines is 1. The molecule has 5 aromatic rings. The highest BCUT2D eigenvalue weighted by atomic mass is 32.1. The van der Waals surface area contributed by atoms with E-state index in [2.05, 4.69) is 43.3 Å². The third-order valence-corrected chi connectivity index (χ3v) is 4.95. The second kappa shape index (κ2) is 5.35. The Kier molecular flexibility index (Phi) is 3.01. The molecular formula is C18H12N6S. The van der Waals surface area contributed by atoms with Crippen LogP contribution >= 0.6 is 11.3 Å². The minimum absolute atomic E-state index is 0.470. The van der Waals surface area contributed by atoms with Gasteiger partial charge in [0.1, 0.15) is 5.01 Å². The first kappa shape index (κ1) is 14.1. The summed E-state index contributed by atoms with van der Waals surface area (Å²) in [4.78, 5) is 12.0. The molecule has 0 unspecified atom stereocenters. The quantitative estimate of drug-likeness (QED) is 0.507. The number of hydrogen-bond donors (Lipinski definition) is 2. The third-order valence-electron chi connectivity index (χ3n) is 4.15. The lowest BCUT2D eigenvalue weighted by Crippen LogP contribution is -1.84. The van der Waals surface area contributed by atoms with Gasteiger partial charge >= 0.3 is 0 Å². The molecular weight excluding hydrogens is 332 g/mol. The van der Waals surface area contributed by atoms with Crippen LogP contribution in [0.4, 0.5) is 5.13 Å². The number of hydrogen-bond acceptors (Lipinski definition) is 6. The maximum absolute atomic E-state index is 5.71. The van der Waals surface area contributed by atoms with Gasteiger partial charge in [0.05, 0.1) is 11.0 Å². The largest absolute Gasteiger partial charge is 0.374 e. The van der Waals surface area contributed by atoms with E-state index in [9.17, 15) is 0 Å². The molecule has 120 valence electrons. The SMILES string of the molecule is Nc1nnc(-c2ccc3[nH]cc(-c4ccc5nccnc5c4)c3c2)s1. The minimum atomic E-state index is 0.470. The van der Waals surface area contributed by atoms with E-state index in [0.717, 1.165) is 43.6 Å². The van der Waals surface area contributed by atoms with Crippen LogP contribution in [0.3, 0.4) is 0 Å². The summed E-state index contributed by atoms with van der Waals surface area (Å²) in [5, 5.41) is 10.4. The lowest BCUT2D eigenvalue weighted by molar-refractivity contribution is 1.10. The average Bonchev–Trinajstić information content (AvgIpc) is 3.27. The van der Waals surface area contributed by atoms with Gasteiger partial charge in [0, 0.05) is 40.6 Å². The molecule has 7 heteroatoms. The average molecular weight is 344 g/mol. The number of nitrogens with one attached hydrogen (secondary N) is 1. The van der Waals surface area contributed by atoms with Crippen LogP contribution in [-0.2, 0) is 0 Å². The summed E-state index contributed by atoms with van der Waals surface area (Å²) < 4.78 is 0. The molecule has 3 heterocycles. The molecule has 0 atom stereocenters. The fraction of sp³-hybridized carbons (Fsp3) is 0. The molecule has 0 saturated heterocycles. The number of rotatable bonds is 2. The predicted molar refractivity (Wildman–Crippen MR) is 100 cm³/mol. The number of H-pyrrole nitrogens is 1. The van der Waals surface area contributed by atoms with E-state index in [1.165, 1.54) is 11.3 Å². The monoisotopic (exact) mass is 344 g/mol. The van der Waals surface area contributed by atoms with Crippen molar-refractivity contribution in [3.63, 3.8) is 0 Å². The molecule has 2 aromatic carbocycles. The van der Waals surface area contributed by atoms with Gasteiger partial charge in [-0.25, -0.2) is 0 Å². The lowest BCUT2D eigenvalue weighted by atomic mass is 10.0. The predicted octanol–water partition coefficient (Wildman–Crippen LogP) is 3.88. The molecule has 0 saturated carbocycles. The smallest absolute Gasteiger partial charge is 0.203 e. The van der Waals surface area contributed by atoms with E-state index < -0.39 is 0 Å². The van der Waals surface area contributed by atoms with Crippen molar-refractivity contribution in [2.75, 3.05) is 5.73 Å². The summed E-state index contributed by atoms with van der Waals surface area (Å²) in [6.45, 7) is 0. The number of nitrogen functional groups attached to an aromatic ring is 1. The Hall–Kier alpha value is -3.32. The van der Waals surface area contributed by atoms with Crippen LogP contribution < -0.4 is 5.73 Å². The van der Waals surface area contributed by atoms with Gasteiger partial charge in [-0.15, -0.1) is 10.2 Å². The van der Waals surface area contributed by atoms with Gasteiger partial charge in [0.15, 0.2) is 0 Å². The van der Waals surface area contributed by atoms with Gasteiger partial charge in [-0.3, -0.25) is 9.97 Å². The Morgan fingerprint density at radius 1 is 0.880 bits per heavy atom. The van der Waals surface area contributed by atoms with Crippen LogP contribution in [0.25, 0.3) is 43.6 Å². The Labute approximate surface area is 146 Å². The fourth-order valence-electron chi connectivity index (χ4n) is 2.97. The van der Waals surface area contributed by atoms with Crippen LogP contribution in [-0.4, -0.2) is 25.1 Å². The summed E-state index contributed by atoms with van der Waals surface area (Å²) in [6.07, 6.45) is 5.42. The van der Waals surface area contributed by atoms with Crippen molar-refractivity contribution in [2.24, 2.45) is 0 Å². The zero-order chi connectivity index (χ0) is 16.8. The van der Waals surface area contributed by atoms with Crippen molar-refractivity contribution in [2.45, 2.75) is 0 Å². The van der Waals surface area contributed by atoms with Crippen LogP contribution in [0, 0.1) is 0 Å². The maximum Gasteiger partial charge on any atom is 0.203 e. The van der Waals surface area contributed by atoms with Gasteiger partial charge in [-0.05, 0) is 35.9 Å². The van der Waals surface area contributed by atoms with Gasteiger partial charge in [-0.1, -0.05) is 17.4 Å². The molecule has 5 rings (SSSR count). The summed E-state index contributed by atoms with van der Waals surface area (Å²) in [5.41, 5.74) is 11.7. The van der Waals surface area contributed by atoms with Crippen LogP contribution in [0.2, 0.25) is 0 Å². The normalized spacial score (nSPS) is 11.4. The van der Waals surface area contributed by atoms with Crippen molar-refractivity contribution in [1.82, 2.24) is 25.1 Å². The first-order valence-corrected chi connectivity index (χ1v) is 8.51. The maximum atomic E-state index is 5.71. The second-order valence-electron chi connectivity index (χ2n) is 5.67. The number of nitrogens with zero attached hydrogens (tertiary/aromatic N) is 4. The van der Waals surface area contributed by atoms with Crippen molar-refractivity contribution in [3.05, 3.63) is 55.0 Å². The first-order valence-electron chi connectivity index (χ1n) is 7.69. The second-order valence-corrected chi connectivity index (χ2v) is 6.68. The highest BCUT2D eigenvalue weighted by Gasteiger charge is 2.11. The van der Waals surface area contributed by atoms with E-state index in [-0.39, 0.29) is 0 Å². The standard InChI is InChI=1S/C18H12N6S/c19-18-24-23-17(25-18)11-2-3-14-12(7-11)13(9-22-14)10-1-4-15-16(8-10)21-6-5-20-15/h1-9,22H,(H2,19,24). The number of aromatic nitrogens is 5. The summed E-state index contributed by atoms with van der Waals surface area (Å²) in [7, 11) is 0. The van der Waals surface area contributed by atoms with E-state index >= 15 is 0 Å². The topological polar surface area (TPSA) is 93.4 Å². The number of nitrogens with two attached hydrogens (primary N) is 1. The molecule has 3 N–H and O–H groups in total. The van der Waals surface area contributed by atoms with Crippen molar-refractivity contribution >= 4 is 38.4 Å². The summed E-state index contributed by atoms with van der Waals surface area (Å²) in [6, 6.07) is 12.3. The van der Waals surface area contributed by atoms with Crippen LogP contribution in [0.15, 0.2) is 55.0 Å². The van der Waals surface area contributed by atoms with E-state index in [1.807, 2.05) is 24.4 Å².